The maximum atomic E-state index is 2.08. The minimum absolute atomic E-state index is 0. The van der Waals surface area contributed by atoms with Crippen LogP contribution in [0, 0.1) is 6.92 Å². The first-order chi connectivity index (χ1) is 3.39. The molecule has 0 spiro atoms. The van der Waals surface area contributed by atoms with E-state index < -0.39 is 0 Å². The number of benzene rings is 1. The SMILES string of the molecule is Cc1ccccc1.[O-2].[Pb+2]. The molecule has 0 fully saturated rings. The summed E-state index contributed by atoms with van der Waals surface area (Å²) in [6, 6.07) is 10.3. The first kappa shape index (κ1) is 11.8. The minimum Gasteiger partial charge on any atom is -2.00 e. The van der Waals surface area contributed by atoms with Gasteiger partial charge in [-0.2, -0.15) is 0 Å². The first-order valence-electron chi connectivity index (χ1n) is 2.41. The van der Waals surface area contributed by atoms with E-state index in [1.54, 1.807) is 0 Å². The molecule has 1 aromatic carbocycles. The van der Waals surface area contributed by atoms with Gasteiger partial charge in [0.1, 0.15) is 0 Å². The van der Waals surface area contributed by atoms with Gasteiger partial charge in [-0.3, -0.25) is 0 Å². The number of aryl methyl sites for hydroxylation is 1. The van der Waals surface area contributed by atoms with Crippen molar-refractivity contribution < 1.29 is 5.48 Å². The Morgan fingerprint density at radius 2 is 1.44 bits per heavy atom. The molecule has 2 heteroatoms. The quantitative estimate of drug-likeness (QED) is 0.649. The van der Waals surface area contributed by atoms with E-state index in [4.69, 9.17) is 0 Å². The van der Waals surface area contributed by atoms with Crippen molar-refractivity contribution in [2.75, 3.05) is 0 Å². The molecule has 1 nitrogen and oxygen atoms in total. The van der Waals surface area contributed by atoms with Gasteiger partial charge in [0.25, 0.3) is 0 Å². The van der Waals surface area contributed by atoms with Crippen LogP contribution < -0.4 is 0 Å². The van der Waals surface area contributed by atoms with Gasteiger partial charge in [0.15, 0.2) is 0 Å². The second-order valence-corrected chi connectivity index (χ2v) is 1.65. The zero-order chi connectivity index (χ0) is 5.11. The molecule has 9 heavy (non-hydrogen) atoms. The molecular formula is C7H8OPb. The zero-order valence-electron chi connectivity index (χ0n) is 5.29. The largest absolute Gasteiger partial charge is 2.00 e. The van der Waals surface area contributed by atoms with E-state index in [0.29, 0.717) is 0 Å². The summed E-state index contributed by atoms with van der Waals surface area (Å²) in [6.07, 6.45) is 0. The third-order valence-electron chi connectivity index (χ3n) is 0.940. The Labute approximate surface area is 75.6 Å². The summed E-state index contributed by atoms with van der Waals surface area (Å²) in [7, 11) is 0. The van der Waals surface area contributed by atoms with E-state index in [1.165, 1.54) is 5.56 Å². The first-order valence-corrected chi connectivity index (χ1v) is 2.41. The van der Waals surface area contributed by atoms with Crippen molar-refractivity contribution in [3.8, 4) is 0 Å². The third kappa shape index (κ3) is 4.60. The van der Waals surface area contributed by atoms with E-state index in [2.05, 4.69) is 19.1 Å². The Morgan fingerprint density at radius 1 is 1.00 bits per heavy atom. The fourth-order valence-corrected chi connectivity index (χ4v) is 0.534. The van der Waals surface area contributed by atoms with Gasteiger partial charge in [-0.25, -0.2) is 0 Å². The average Bonchev–Trinajstić information content (AvgIpc) is 1.69. The van der Waals surface area contributed by atoms with Crippen LogP contribution in [0.25, 0.3) is 0 Å². The van der Waals surface area contributed by atoms with Crippen molar-refractivity contribution in [2.24, 2.45) is 0 Å². The van der Waals surface area contributed by atoms with Gasteiger partial charge >= 0.3 is 27.3 Å². The van der Waals surface area contributed by atoms with Crippen molar-refractivity contribution in [1.82, 2.24) is 0 Å². The van der Waals surface area contributed by atoms with Crippen LogP contribution in [0.3, 0.4) is 0 Å². The molecule has 2 radical (unpaired) electrons. The van der Waals surface area contributed by atoms with Gasteiger partial charge in [0.05, 0.1) is 0 Å². The van der Waals surface area contributed by atoms with Crippen LogP contribution >= 0.6 is 0 Å². The number of hydrogen-bond donors (Lipinski definition) is 0. The van der Waals surface area contributed by atoms with Crippen molar-refractivity contribution >= 4 is 27.3 Å². The minimum atomic E-state index is 0. The molecule has 0 aliphatic carbocycles. The topological polar surface area (TPSA) is 28.5 Å². The van der Waals surface area contributed by atoms with Gasteiger partial charge < -0.3 is 5.48 Å². The van der Waals surface area contributed by atoms with Gasteiger partial charge in [-0.05, 0) is 6.92 Å². The number of rotatable bonds is 0. The molecule has 0 saturated carbocycles. The maximum absolute atomic E-state index is 2.08. The van der Waals surface area contributed by atoms with E-state index >= 15 is 0 Å². The van der Waals surface area contributed by atoms with Gasteiger partial charge in [-0.15, -0.1) is 0 Å². The standard InChI is InChI=1S/C7H8.O.Pb/c1-7-5-3-2-4-6-7;;/h2-6H,1H3;;/q;-2;+2. The molecule has 0 aromatic heterocycles. The van der Waals surface area contributed by atoms with Crippen LogP contribution in [0.15, 0.2) is 30.3 Å². The fraction of sp³-hybridized carbons (Fsp3) is 0.143. The molecule has 0 atom stereocenters. The molecule has 0 aliphatic heterocycles. The second-order valence-electron chi connectivity index (χ2n) is 1.65. The Balaban J connectivity index is 0. The third-order valence-corrected chi connectivity index (χ3v) is 0.940. The normalized spacial score (nSPS) is 6.78. The van der Waals surface area contributed by atoms with E-state index in [0.717, 1.165) is 0 Å². The van der Waals surface area contributed by atoms with E-state index in [9.17, 15) is 0 Å². The summed E-state index contributed by atoms with van der Waals surface area (Å²) < 4.78 is 0. The predicted molar refractivity (Wildman–Crippen MR) is 37.6 cm³/mol. The predicted octanol–water partition coefficient (Wildman–Crippen LogP) is 1.50. The summed E-state index contributed by atoms with van der Waals surface area (Å²) >= 11 is 0. The summed E-state index contributed by atoms with van der Waals surface area (Å²) in [5.74, 6) is 0. The van der Waals surface area contributed by atoms with Gasteiger partial charge in [0.2, 0.25) is 0 Å². The van der Waals surface area contributed by atoms with E-state index in [-0.39, 0.29) is 32.8 Å². The van der Waals surface area contributed by atoms with Crippen molar-refractivity contribution in [3.05, 3.63) is 35.9 Å². The van der Waals surface area contributed by atoms with Crippen LogP contribution in [-0.2, 0) is 5.48 Å². The molecule has 0 amide bonds. The molecule has 0 bridgehead atoms. The van der Waals surface area contributed by atoms with Crippen LogP contribution in [0.2, 0.25) is 0 Å². The van der Waals surface area contributed by atoms with Crippen LogP contribution in [0.1, 0.15) is 5.56 Å². The van der Waals surface area contributed by atoms with Gasteiger partial charge in [0, 0.05) is 0 Å². The number of hydrogen-bond acceptors (Lipinski definition) is 0. The Hall–Kier alpha value is 0.102. The molecule has 0 saturated heterocycles. The molecule has 0 N–H and O–H groups in total. The zero-order valence-corrected chi connectivity index (χ0v) is 9.18. The Kier molecular flexibility index (Phi) is 8.19. The molecule has 0 aliphatic rings. The van der Waals surface area contributed by atoms with Crippen LogP contribution in [0.5, 0.6) is 0 Å². The Bertz CT molecular complexity index is 139. The Morgan fingerprint density at radius 3 is 1.67 bits per heavy atom. The summed E-state index contributed by atoms with van der Waals surface area (Å²) in [4.78, 5) is 0. The summed E-state index contributed by atoms with van der Waals surface area (Å²) in [6.45, 7) is 2.08. The fourth-order valence-electron chi connectivity index (χ4n) is 0.534. The van der Waals surface area contributed by atoms with E-state index in [1.807, 2.05) is 18.2 Å². The molecule has 0 unspecified atom stereocenters. The second kappa shape index (κ2) is 6.23. The maximum Gasteiger partial charge on any atom is 2.00 e. The smallest absolute Gasteiger partial charge is 2.00 e. The van der Waals surface area contributed by atoms with Crippen LogP contribution in [-0.4, -0.2) is 27.3 Å². The van der Waals surface area contributed by atoms with Crippen molar-refractivity contribution in [2.45, 2.75) is 6.92 Å². The molecule has 1 rings (SSSR count). The van der Waals surface area contributed by atoms with Crippen molar-refractivity contribution in [1.29, 1.82) is 0 Å². The molecule has 0 heterocycles. The summed E-state index contributed by atoms with van der Waals surface area (Å²) in [5.41, 5.74) is 1.32. The van der Waals surface area contributed by atoms with Crippen LogP contribution in [0.4, 0.5) is 0 Å². The molecule has 46 valence electrons. The summed E-state index contributed by atoms with van der Waals surface area (Å²) in [5, 5.41) is 0. The van der Waals surface area contributed by atoms with Crippen molar-refractivity contribution in [3.63, 3.8) is 0 Å². The average molecular weight is 315 g/mol. The van der Waals surface area contributed by atoms with Gasteiger partial charge in [-0.1, -0.05) is 35.9 Å². The monoisotopic (exact) mass is 316 g/mol. The molecular weight excluding hydrogens is 307 g/mol. The molecule has 1 aromatic rings.